The minimum absolute atomic E-state index is 0.0138. The summed E-state index contributed by atoms with van der Waals surface area (Å²) in [7, 11) is 0. The predicted molar refractivity (Wildman–Crippen MR) is 69.5 cm³/mol. The molecule has 2 heteroatoms. The van der Waals surface area contributed by atoms with Crippen molar-refractivity contribution in [2.75, 3.05) is 0 Å². The van der Waals surface area contributed by atoms with Gasteiger partial charge in [0.1, 0.15) is 6.29 Å². The lowest BCUT2D eigenvalue weighted by atomic mass is 9.97. The molecule has 1 aliphatic heterocycles. The predicted octanol–water partition coefficient (Wildman–Crippen LogP) is 2.95. The van der Waals surface area contributed by atoms with Crippen LogP contribution in [0, 0.1) is 0 Å². The van der Waals surface area contributed by atoms with Gasteiger partial charge in [0.2, 0.25) is 0 Å². The van der Waals surface area contributed by atoms with Gasteiger partial charge in [-0.15, -0.1) is 0 Å². The van der Waals surface area contributed by atoms with Gasteiger partial charge in [-0.05, 0) is 17.5 Å². The van der Waals surface area contributed by atoms with Crippen molar-refractivity contribution in [1.82, 2.24) is 5.32 Å². The fourth-order valence-corrected chi connectivity index (χ4v) is 1.58. The Labute approximate surface area is 99.1 Å². The van der Waals surface area contributed by atoms with Crippen molar-refractivity contribution in [1.29, 1.82) is 0 Å². The summed E-state index contributed by atoms with van der Waals surface area (Å²) < 4.78 is 0. The Bertz CT molecular complexity index is 297. The van der Waals surface area contributed by atoms with Crippen LogP contribution in [-0.2, 0) is 17.8 Å². The molecule has 1 N–H and O–H groups in total. The fraction of sp³-hybridized carbons (Fsp3) is 0.500. The molecule has 0 saturated heterocycles. The van der Waals surface area contributed by atoms with Crippen LogP contribution in [0.3, 0.4) is 0 Å². The smallest absolute Gasteiger partial charge is 0.137 e. The zero-order valence-corrected chi connectivity index (χ0v) is 10.8. The van der Waals surface area contributed by atoms with Crippen molar-refractivity contribution < 1.29 is 4.79 Å². The Morgan fingerprint density at radius 2 is 1.69 bits per heavy atom. The van der Waals surface area contributed by atoms with Gasteiger partial charge in [-0.3, -0.25) is 0 Å². The third-order valence-corrected chi connectivity index (χ3v) is 2.28. The lowest BCUT2D eigenvalue weighted by molar-refractivity contribution is -0.109. The Morgan fingerprint density at radius 3 is 2.25 bits per heavy atom. The maximum absolute atomic E-state index is 10.5. The summed E-state index contributed by atoms with van der Waals surface area (Å²) in [6, 6.07) is 8.25. The number of benzene rings is 1. The van der Waals surface area contributed by atoms with E-state index in [0.29, 0.717) is 0 Å². The topological polar surface area (TPSA) is 29.1 Å². The van der Waals surface area contributed by atoms with Crippen molar-refractivity contribution in [3.63, 3.8) is 0 Å². The SMILES string of the molecule is CC.CC.O=C[C@@H]1Cc2ccccc2CN1. The molecule has 90 valence electrons. The van der Waals surface area contributed by atoms with Crippen LogP contribution in [0.25, 0.3) is 0 Å². The standard InChI is InChI=1S/C10H11NO.2C2H6/c12-7-10-5-8-3-1-2-4-9(8)6-11-10;2*1-2/h1-4,7,10-11H,5-6H2;2*1-2H3/t10-;;/m0../s1. The molecule has 2 nitrogen and oxygen atoms in total. The number of hydrogen-bond donors (Lipinski definition) is 1. The first-order valence-electron chi connectivity index (χ1n) is 6.15. The number of aldehydes is 1. The van der Waals surface area contributed by atoms with E-state index in [1.165, 1.54) is 11.1 Å². The van der Waals surface area contributed by atoms with E-state index >= 15 is 0 Å². The Balaban J connectivity index is 0.000000509. The second-order valence-electron chi connectivity index (χ2n) is 3.10. The van der Waals surface area contributed by atoms with Crippen LogP contribution in [0.5, 0.6) is 0 Å². The molecule has 0 fully saturated rings. The second-order valence-corrected chi connectivity index (χ2v) is 3.10. The zero-order chi connectivity index (χ0) is 12.4. The molecule has 1 atom stereocenters. The molecule has 1 aromatic carbocycles. The minimum Gasteiger partial charge on any atom is -0.303 e. The maximum Gasteiger partial charge on any atom is 0.137 e. The summed E-state index contributed by atoms with van der Waals surface area (Å²) >= 11 is 0. The van der Waals surface area contributed by atoms with Crippen LogP contribution < -0.4 is 5.32 Å². The number of rotatable bonds is 1. The summed E-state index contributed by atoms with van der Waals surface area (Å²) in [5.74, 6) is 0. The van der Waals surface area contributed by atoms with Crippen molar-refractivity contribution >= 4 is 6.29 Å². The van der Waals surface area contributed by atoms with Gasteiger partial charge in [-0.1, -0.05) is 52.0 Å². The van der Waals surface area contributed by atoms with E-state index in [1.54, 1.807) is 0 Å². The van der Waals surface area contributed by atoms with E-state index < -0.39 is 0 Å². The highest BCUT2D eigenvalue weighted by atomic mass is 16.1. The molecule has 0 radical (unpaired) electrons. The van der Waals surface area contributed by atoms with E-state index in [4.69, 9.17) is 0 Å². The van der Waals surface area contributed by atoms with Gasteiger partial charge in [-0.2, -0.15) is 0 Å². The Kier molecular flexibility index (Phi) is 8.45. The molecule has 0 saturated carbocycles. The molecule has 16 heavy (non-hydrogen) atoms. The average Bonchev–Trinajstić information content (AvgIpc) is 2.42. The van der Waals surface area contributed by atoms with Gasteiger partial charge < -0.3 is 10.1 Å². The van der Waals surface area contributed by atoms with Gasteiger partial charge in [0.25, 0.3) is 0 Å². The summed E-state index contributed by atoms with van der Waals surface area (Å²) in [6.07, 6.45) is 1.82. The number of carbonyl (C=O) groups excluding carboxylic acids is 1. The molecule has 1 aromatic rings. The van der Waals surface area contributed by atoms with Gasteiger partial charge in [0.05, 0.1) is 6.04 Å². The first kappa shape index (κ1) is 14.8. The summed E-state index contributed by atoms with van der Waals surface area (Å²) in [5.41, 5.74) is 2.61. The summed E-state index contributed by atoms with van der Waals surface area (Å²) in [4.78, 5) is 10.5. The van der Waals surface area contributed by atoms with Crippen molar-refractivity contribution in [3.8, 4) is 0 Å². The lowest BCUT2D eigenvalue weighted by Crippen LogP contribution is -2.36. The molecule has 0 aliphatic carbocycles. The fourth-order valence-electron chi connectivity index (χ4n) is 1.58. The normalized spacial score (nSPS) is 16.9. The average molecular weight is 221 g/mol. The van der Waals surface area contributed by atoms with Gasteiger partial charge in [-0.25, -0.2) is 0 Å². The van der Waals surface area contributed by atoms with Crippen LogP contribution in [0.15, 0.2) is 24.3 Å². The van der Waals surface area contributed by atoms with Crippen molar-refractivity contribution in [2.45, 2.75) is 46.7 Å². The van der Waals surface area contributed by atoms with Crippen LogP contribution in [0.2, 0.25) is 0 Å². The van der Waals surface area contributed by atoms with Crippen LogP contribution in [0.4, 0.5) is 0 Å². The number of fused-ring (bicyclic) bond motifs is 1. The zero-order valence-electron chi connectivity index (χ0n) is 10.8. The highest BCUT2D eigenvalue weighted by Gasteiger charge is 2.15. The number of nitrogens with one attached hydrogen (secondary N) is 1. The molecule has 0 amide bonds. The lowest BCUT2D eigenvalue weighted by Gasteiger charge is -2.21. The third kappa shape index (κ3) is 4.15. The molecule has 0 aromatic heterocycles. The van der Waals surface area contributed by atoms with Gasteiger partial charge in [0.15, 0.2) is 0 Å². The molecule has 1 heterocycles. The molecule has 0 spiro atoms. The maximum atomic E-state index is 10.5. The first-order chi connectivity index (χ1) is 7.90. The van der Waals surface area contributed by atoms with Crippen molar-refractivity contribution in [3.05, 3.63) is 35.4 Å². The second kappa shape index (κ2) is 9.10. The van der Waals surface area contributed by atoms with E-state index in [1.807, 2.05) is 39.8 Å². The van der Waals surface area contributed by atoms with E-state index in [-0.39, 0.29) is 6.04 Å². The van der Waals surface area contributed by atoms with E-state index in [9.17, 15) is 4.79 Å². The van der Waals surface area contributed by atoms with Crippen LogP contribution in [0.1, 0.15) is 38.8 Å². The number of carbonyl (C=O) groups is 1. The van der Waals surface area contributed by atoms with Crippen LogP contribution >= 0.6 is 0 Å². The minimum atomic E-state index is 0.0138. The van der Waals surface area contributed by atoms with Gasteiger partial charge in [0, 0.05) is 6.54 Å². The highest BCUT2D eigenvalue weighted by molar-refractivity contribution is 5.59. The summed E-state index contributed by atoms with van der Waals surface area (Å²) in [5, 5.41) is 3.16. The largest absolute Gasteiger partial charge is 0.303 e. The van der Waals surface area contributed by atoms with Crippen molar-refractivity contribution in [2.24, 2.45) is 0 Å². The third-order valence-electron chi connectivity index (χ3n) is 2.28. The molecular weight excluding hydrogens is 198 g/mol. The monoisotopic (exact) mass is 221 g/mol. The highest BCUT2D eigenvalue weighted by Crippen LogP contribution is 2.14. The van der Waals surface area contributed by atoms with E-state index in [0.717, 1.165) is 19.3 Å². The quantitative estimate of drug-likeness (QED) is 0.739. The molecule has 0 unspecified atom stereocenters. The summed E-state index contributed by atoms with van der Waals surface area (Å²) in [6.45, 7) is 8.82. The van der Waals surface area contributed by atoms with E-state index in [2.05, 4.69) is 17.4 Å². The molecule has 0 bridgehead atoms. The first-order valence-corrected chi connectivity index (χ1v) is 6.15. The van der Waals surface area contributed by atoms with Crippen LogP contribution in [-0.4, -0.2) is 12.3 Å². The molecule has 2 rings (SSSR count). The van der Waals surface area contributed by atoms with Gasteiger partial charge >= 0.3 is 0 Å². The molecule has 1 aliphatic rings. The molecular formula is C14H23NO. The Morgan fingerprint density at radius 1 is 1.12 bits per heavy atom. The Hall–Kier alpha value is -1.15. The number of hydrogen-bond acceptors (Lipinski definition) is 2.